The number of benzene rings is 3. The molecular formula is C23H18BrFN2O3S2. The predicted molar refractivity (Wildman–Crippen MR) is 131 cm³/mol. The SMILES string of the molecule is CCN(c1ccc2sc(C(=O)Nc3ccccc3F)cc2c1)S(=O)(=O)c1ccc(Br)cc1. The maximum atomic E-state index is 13.8. The third-order valence-electron chi connectivity index (χ3n) is 4.82. The van der Waals surface area contributed by atoms with Crippen molar-refractivity contribution < 1.29 is 17.6 Å². The number of rotatable bonds is 6. The molecule has 4 aromatic rings. The fourth-order valence-corrected chi connectivity index (χ4v) is 5.94. The molecule has 1 heterocycles. The molecule has 4 rings (SSSR count). The Kier molecular flexibility index (Phi) is 6.32. The molecule has 9 heteroatoms. The van der Waals surface area contributed by atoms with Crippen LogP contribution in [0.2, 0.25) is 0 Å². The fourth-order valence-electron chi connectivity index (χ4n) is 3.27. The van der Waals surface area contributed by atoms with Gasteiger partial charge in [0.1, 0.15) is 5.82 Å². The minimum absolute atomic E-state index is 0.105. The van der Waals surface area contributed by atoms with E-state index in [2.05, 4.69) is 21.2 Å². The molecular weight excluding hydrogens is 515 g/mol. The van der Waals surface area contributed by atoms with E-state index in [4.69, 9.17) is 0 Å². The first-order valence-corrected chi connectivity index (χ1v) is 12.7. The Bertz CT molecular complexity index is 1400. The van der Waals surface area contributed by atoms with E-state index >= 15 is 0 Å². The van der Waals surface area contributed by atoms with Crippen molar-refractivity contribution in [2.45, 2.75) is 11.8 Å². The molecule has 164 valence electrons. The smallest absolute Gasteiger partial charge is 0.265 e. The molecule has 0 aliphatic heterocycles. The van der Waals surface area contributed by atoms with Crippen LogP contribution in [0.5, 0.6) is 0 Å². The monoisotopic (exact) mass is 532 g/mol. The number of thiophene rings is 1. The van der Waals surface area contributed by atoms with Crippen molar-refractivity contribution >= 4 is 64.7 Å². The van der Waals surface area contributed by atoms with Crippen molar-refractivity contribution in [3.8, 4) is 0 Å². The number of fused-ring (bicyclic) bond motifs is 1. The van der Waals surface area contributed by atoms with Crippen molar-refractivity contribution in [3.63, 3.8) is 0 Å². The Morgan fingerprint density at radius 3 is 2.47 bits per heavy atom. The highest BCUT2D eigenvalue weighted by Gasteiger charge is 2.24. The lowest BCUT2D eigenvalue weighted by Crippen LogP contribution is -2.30. The van der Waals surface area contributed by atoms with Gasteiger partial charge < -0.3 is 5.32 Å². The highest BCUT2D eigenvalue weighted by Crippen LogP contribution is 2.32. The molecule has 0 atom stereocenters. The van der Waals surface area contributed by atoms with E-state index in [1.807, 2.05) is 0 Å². The first-order valence-electron chi connectivity index (χ1n) is 9.67. The zero-order chi connectivity index (χ0) is 22.9. The fraction of sp³-hybridized carbons (Fsp3) is 0.0870. The van der Waals surface area contributed by atoms with Crippen LogP contribution in [-0.4, -0.2) is 20.9 Å². The number of nitrogens with one attached hydrogen (secondary N) is 1. The Labute approximate surface area is 197 Å². The Morgan fingerprint density at radius 1 is 1.06 bits per heavy atom. The third kappa shape index (κ3) is 4.41. The molecule has 1 aromatic heterocycles. The van der Waals surface area contributed by atoms with Crippen LogP contribution < -0.4 is 9.62 Å². The molecule has 5 nitrogen and oxygen atoms in total. The molecule has 0 spiro atoms. The summed E-state index contributed by atoms with van der Waals surface area (Å²) in [7, 11) is -3.75. The summed E-state index contributed by atoms with van der Waals surface area (Å²) in [5.74, 6) is -0.936. The molecule has 1 N–H and O–H groups in total. The number of sulfonamides is 1. The van der Waals surface area contributed by atoms with Crippen LogP contribution >= 0.6 is 27.3 Å². The highest BCUT2D eigenvalue weighted by atomic mass is 79.9. The van der Waals surface area contributed by atoms with Gasteiger partial charge in [0.15, 0.2) is 0 Å². The van der Waals surface area contributed by atoms with E-state index in [9.17, 15) is 17.6 Å². The second-order valence-electron chi connectivity index (χ2n) is 6.89. The van der Waals surface area contributed by atoms with Gasteiger partial charge in [0.05, 0.1) is 21.1 Å². The largest absolute Gasteiger partial charge is 0.319 e. The first-order chi connectivity index (χ1) is 15.3. The number of hydrogen-bond acceptors (Lipinski definition) is 4. The van der Waals surface area contributed by atoms with Gasteiger partial charge in [0.25, 0.3) is 15.9 Å². The number of amides is 1. The highest BCUT2D eigenvalue weighted by molar-refractivity contribution is 9.10. The summed E-state index contributed by atoms with van der Waals surface area (Å²) in [5.41, 5.74) is 0.607. The second-order valence-corrected chi connectivity index (χ2v) is 10.8. The van der Waals surface area contributed by atoms with Gasteiger partial charge in [0.2, 0.25) is 0 Å². The van der Waals surface area contributed by atoms with Crippen LogP contribution in [0, 0.1) is 5.82 Å². The topological polar surface area (TPSA) is 66.5 Å². The average molecular weight is 533 g/mol. The van der Waals surface area contributed by atoms with Crippen LogP contribution in [0.25, 0.3) is 10.1 Å². The lowest BCUT2D eigenvalue weighted by Gasteiger charge is -2.23. The molecule has 0 bridgehead atoms. The minimum Gasteiger partial charge on any atom is -0.319 e. The van der Waals surface area contributed by atoms with Gasteiger partial charge in [-0.3, -0.25) is 9.10 Å². The van der Waals surface area contributed by atoms with Crippen molar-refractivity contribution in [3.05, 3.63) is 88.0 Å². The number of anilines is 2. The van der Waals surface area contributed by atoms with Gasteiger partial charge in [-0.15, -0.1) is 11.3 Å². The quantitative estimate of drug-likeness (QED) is 0.318. The third-order valence-corrected chi connectivity index (χ3v) is 8.38. The summed E-state index contributed by atoms with van der Waals surface area (Å²) in [4.78, 5) is 13.2. The molecule has 3 aromatic carbocycles. The van der Waals surface area contributed by atoms with E-state index in [-0.39, 0.29) is 17.1 Å². The van der Waals surface area contributed by atoms with E-state index in [1.54, 1.807) is 67.6 Å². The van der Waals surface area contributed by atoms with Crippen LogP contribution in [0.15, 0.2) is 82.2 Å². The number of carbonyl (C=O) groups excluding carboxylic acids is 1. The summed E-state index contributed by atoms with van der Waals surface area (Å²) in [6.07, 6.45) is 0. The number of para-hydroxylation sites is 1. The zero-order valence-corrected chi connectivity index (χ0v) is 20.1. The zero-order valence-electron chi connectivity index (χ0n) is 16.9. The molecule has 0 aliphatic carbocycles. The number of hydrogen-bond donors (Lipinski definition) is 1. The first kappa shape index (κ1) is 22.4. The number of nitrogens with zero attached hydrogens (tertiary/aromatic N) is 1. The maximum Gasteiger partial charge on any atom is 0.265 e. The maximum absolute atomic E-state index is 13.8. The van der Waals surface area contributed by atoms with E-state index in [0.29, 0.717) is 10.6 Å². The van der Waals surface area contributed by atoms with Crippen LogP contribution in [0.1, 0.15) is 16.6 Å². The summed E-state index contributed by atoms with van der Waals surface area (Å²) < 4.78 is 43.1. The molecule has 1 amide bonds. The van der Waals surface area contributed by atoms with E-state index in [0.717, 1.165) is 14.6 Å². The molecule has 0 radical (unpaired) electrons. The standard InChI is InChI=1S/C23H18BrFN2O3S2/c1-2-27(32(29,30)18-10-7-16(24)8-11-18)17-9-12-21-15(13-17)14-22(31-21)23(28)26-20-6-4-3-5-19(20)25/h3-14H,2H2,1H3,(H,26,28). The summed E-state index contributed by atoms with van der Waals surface area (Å²) in [5, 5.41) is 3.30. The normalized spacial score (nSPS) is 11.5. The van der Waals surface area contributed by atoms with Crippen molar-refractivity contribution in [1.29, 1.82) is 0 Å². The Balaban J connectivity index is 1.65. The molecule has 0 saturated carbocycles. The van der Waals surface area contributed by atoms with E-state index < -0.39 is 21.7 Å². The second kappa shape index (κ2) is 9.01. The van der Waals surface area contributed by atoms with Crippen molar-refractivity contribution in [2.75, 3.05) is 16.2 Å². The van der Waals surface area contributed by atoms with Crippen molar-refractivity contribution in [2.24, 2.45) is 0 Å². The van der Waals surface area contributed by atoms with Crippen molar-refractivity contribution in [1.82, 2.24) is 0 Å². The van der Waals surface area contributed by atoms with Crippen LogP contribution in [0.4, 0.5) is 15.8 Å². The number of halogens is 2. The summed E-state index contributed by atoms with van der Waals surface area (Å²) >= 11 is 4.57. The van der Waals surface area contributed by atoms with Crippen LogP contribution in [0.3, 0.4) is 0 Å². The van der Waals surface area contributed by atoms with Gasteiger partial charge in [-0.2, -0.15) is 0 Å². The summed E-state index contributed by atoms with van der Waals surface area (Å²) in [6.45, 7) is 2.01. The van der Waals surface area contributed by atoms with E-state index in [1.165, 1.54) is 27.8 Å². The summed E-state index contributed by atoms with van der Waals surface area (Å²) in [6, 6.07) is 19.4. The van der Waals surface area contributed by atoms with Crippen LogP contribution in [-0.2, 0) is 10.0 Å². The van der Waals surface area contributed by atoms with Gasteiger partial charge in [-0.1, -0.05) is 28.1 Å². The Morgan fingerprint density at radius 2 is 1.78 bits per heavy atom. The predicted octanol–water partition coefficient (Wildman–Crippen LogP) is 6.27. The van der Waals surface area contributed by atoms with Gasteiger partial charge >= 0.3 is 0 Å². The molecule has 0 unspecified atom stereocenters. The lowest BCUT2D eigenvalue weighted by molar-refractivity contribution is 0.103. The Hall–Kier alpha value is -2.75. The van der Waals surface area contributed by atoms with Gasteiger partial charge in [0, 0.05) is 15.7 Å². The average Bonchev–Trinajstić information content (AvgIpc) is 3.20. The minimum atomic E-state index is -3.75. The lowest BCUT2D eigenvalue weighted by atomic mass is 10.2. The molecule has 0 fully saturated rings. The molecule has 32 heavy (non-hydrogen) atoms. The number of carbonyl (C=O) groups is 1. The molecule has 0 aliphatic rings. The van der Waals surface area contributed by atoms with Gasteiger partial charge in [-0.05, 0) is 73.0 Å². The molecule has 0 saturated heterocycles. The van der Waals surface area contributed by atoms with Gasteiger partial charge in [-0.25, -0.2) is 12.8 Å².